The first kappa shape index (κ1) is 22.7. The van der Waals surface area contributed by atoms with E-state index in [1.54, 1.807) is 6.20 Å². The van der Waals surface area contributed by atoms with Crippen LogP contribution in [0.2, 0.25) is 0 Å². The van der Waals surface area contributed by atoms with Gasteiger partial charge in [-0.15, -0.1) is 0 Å². The van der Waals surface area contributed by atoms with Gasteiger partial charge in [0.25, 0.3) is 5.91 Å². The number of hydrogen-bond donors (Lipinski definition) is 1. The maximum atomic E-state index is 12.7. The first-order valence-electron chi connectivity index (χ1n) is 11.9. The van der Waals surface area contributed by atoms with E-state index in [-0.39, 0.29) is 11.8 Å². The first-order valence-corrected chi connectivity index (χ1v) is 12.7. The molecular formula is C26H29N5O2S. The summed E-state index contributed by atoms with van der Waals surface area (Å²) >= 11 is 1.46. The molecule has 8 heteroatoms. The predicted octanol–water partition coefficient (Wildman–Crippen LogP) is 3.06. The number of benzene rings is 1. The van der Waals surface area contributed by atoms with Crippen LogP contribution in [0.15, 0.2) is 64.7 Å². The number of amides is 2. The highest BCUT2D eigenvalue weighted by Gasteiger charge is 2.23. The Bertz CT molecular complexity index is 1210. The lowest BCUT2D eigenvalue weighted by Gasteiger charge is -2.34. The summed E-state index contributed by atoms with van der Waals surface area (Å²) in [5, 5.41) is 4.00. The van der Waals surface area contributed by atoms with Crippen molar-refractivity contribution in [1.29, 1.82) is 0 Å². The van der Waals surface area contributed by atoms with Crippen molar-refractivity contribution in [1.82, 2.24) is 24.5 Å². The number of aromatic nitrogens is 2. The van der Waals surface area contributed by atoms with E-state index in [0.717, 1.165) is 55.3 Å². The molecule has 176 valence electrons. The summed E-state index contributed by atoms with van der Waals surface area (Å²) in [5.41, 5.74) is 3.15. The Kier molecular flexibility index (Phi) is 6.97. The molecule has 7 nitrogen and oxygen atoms in total. The summed E-state index contributed by atoms with van der Waals surface area (Å²) in [4.78, 5) is 34.5. The van der Waals surface area contributed by atoms with Crippen molar-refractivity contribution in [2.45, 2.75) is 24.3 Å². The molecule has 0 atom stereocenters. The van der Waals surface area contributed by atoms with Gasteiger partial charge in [-0.2, -0.15) is 0 Å². The third-order valence-corrected chi connectivity index (χ3v) is 7.36. The van der Waals surface area contributed by atoms with Gasteiger partial charge in [0, 0.05) is 26.2 Å². The highest BCUT2D eigenvalue weighted by Crippen LogP contribution is 2.34. The number of carbonyl (C=O) groups excluding carboxylic acids is 2. The zero-order valence-electron chi connectivity index (χ0n) is 19.2. The van der Waals surface area contributed by atoms with Crippen LogP contribution in [-0.4, -0.2) is 70.3 Å². The normalized spacial score (nSPS) is 16.1. The number of piperazine rings is 1. The molecule has 0 saturated carbocycles. The summed E-state index contributed by atoms with van der Waals surface area (Å²) in [7, 11) is 0. The summed E-state index contributed by atoms with van der Waals surface area (Å²) in [5.74, 6) is 0.105. The summed E-state index contributed by atoms with van der Waals surface area (Å²) in [6.45, 7) is 4.33. The van der Waals surface area contributed by atoms with E-state index in [9.17, 15) is 9.59 Å². The summed E-state index contributed by atoms with van der Waals surface area (Å²) < 4.78 is 2.05. The topological polar surface area (TPSA) is 70.0 Å². The first-order chi connectivity index (χ1) is 16.7. The van der Waals surface area contributed by atoms with Crippen molar-refractivity contribution in [2.75, 3.05) is 39.3 Å². The Hall–Kier alpha value is -3.10. The van der Waals surface area contributed by atoms with Gasteiger partial charge in [0.05, 0.1) is 28.4 Å². The molecule has 1 N–H and O–H groups in total. The fraction of sp³-hybridized carbons (Fsp3) is 0.346. The third-order valence-electron chi connectivity index (χ3n) is 6.31. The van der Waals surface area contributed by atoms with E-state index >= 15 is 0 Å². The van der Waals surface area contributed by atoms with Crippen molar-refractivity contribution in [2.24, 2.45) is 0 Å². The molecule has 2 aromatic heterocycles. The van der Waals surface area contributed by atoms with Crippen molar-refractivity contribution in [3.05, 3.63) is 70.9 Å². The minimum absolute atomic E-state index is 0.0796. The second-order valence-electron chi connectivity index (χ2n) is 8.71. The Morgan fingerprint density at radius 2 is 1.91 bits per heavy atom. The molecular weight excluding hydrogens is 446 g/mol. The Morgan fingerprint density at radius 1 is 1.03 bits per heavy atom. The molecule has 34 heavy (non-hydrogen) atoms. The van der Waals surface area contributed by atoms with Gasteiger partial charge >= 0.3 is 0 Å². The average Bonchev–Trinajstić information content (AvgIpc) is 3.28. The van der Waals surface area contributed by atoms with Crippen LogP contribution < -0.4 is 5.32 Å². The number of carbonyl (C=O) groups is 2. The maximum Gasteiger partial charge on any atom is 0.258 e. The van der Waals surface area contributed by atoms with Gasteiger partial charge in [0.2, 0.25) is 5.91 Å². The molecule has 3 aromatic rings. The van der Waals surface area contributed by atoms with E-state index in [2.05, 4.69) is 39.5 Å². The number of thioether (sulfide) groups is 1. The molecule has 1 saturated heterocycles. The molecule has 4 heterocycles. The molecule has 1 fully saturated rings. The fourth-order valence-corrected chi connectivity index (χ4v) is 5.50. The number of nitrogens with one attached hydrogen (secondary N) is 1. The van der Waals surface area contributed by atoms with E-state index in [0.29, 0.717) is 24.5 Å². The van der Waals surface area contributed by atoms with Crippen LogP contribution in [0, 0.1) is 0 Å². The molecule has 0 aliphatic carbocycles. The lowest BCUT2D eigenvalue weighted by atomic mass is 10.1. The average molecular weight is 476 g/mol. The third kappa shape index (κ3) is 5.18. The van der Waals surface area contributed by atoms with E-state index in [1.807, 2.05) is 39.6 Å². The second kappa shape index (κ2) is 10.4. The number of aryl methyl sites for hydroxylation is 1. The van der Waals surface area contributed by atoms with Gasteiger partial charge in [-0.1, -0.05) is 48.2 Å². The Labute approximate surface area is 203 Å². The number of imidazole rings is 1. The van der Waals surface area contributed by atoms with Crippen LogP contribution in [0.3, 0.4) is 0 Å². The molecule has 2 amide bonds. The summed E-state index contributed by atoms with van der Waals surface area (Å²) in [6, 6.07) is 16.4. The van der Waals surface area contributed by atoms with Gasteiger partial charge in [-0.3, -0.25) is 18.9 Å². The van der Waals surface area contributed by atoms with Crippen LogP contribution in [0.4, 0.5) is 0 Å². The van der Waals surface area contributed by atoms with Crippen molar-refractivity contribution < 1.29 is 9.59 Å². The molecule has 5 rings (SSSR count). The zero-order valence-corrected chi connectivity index (χ0v) is 20.0. The number of hydrogen-bond acceptors (Lipinski definition) is 5. The second-order valence-corrected chi connectivity index (χ2v) is 9.77. The van der Waals surface area contributed by atoms with Gasteiger partial charge < -0.3 is 10.2 Å². The Balaban J connectivity index is 1.02. The predicted molar refractivity (Wildman–Crippen MR) is 134 cm³/mol. The van der Waals surface area contributed by atoms with E-state index < -0.39 is 0 Å². The maximum absolute atomic E-state index is 12.7. The standard InChI is InChI=1S/C26H29N5O2S/c32-24-19-29(13-5-9-20-7-2-1-3-8-20)15-16-30(24)14-6-12-27-26(33)22-17-21-18-28-23-10-4-11-25(34-22)31(21)23/h1-4,7-8,10-11,17-18H,5-6,9,12-16,19H2,(H,27,33). The number of nitrogens with zero attached hydrogens (tertiary/aromatic N) is 4. The monoisotopic (exact) mass is 475 g/mol. The Morgan fingerprint density at radius 3 is 2.76 bits per heavy atom. The SMILES string of the molecule is O=C(NCCCN1CCN(CCCc2ccccc2)CC1=O)C1=Cc2cnc3cccc(n23)S1. The zero-order chi connectivity index (χ0) is 23.3. The van der Waals surface area contributed by atoms with Crippen LogP contribution in [0.1, 0.15) is 24.1 Å². The van der Waals surface area contributed by atoms with Crippen LogP contribution in [0.5, 0.6) is 0 Å². The number of pyridine rings is 1. The van der Waals surface area contributed by atoms with Gasteiger partial charge in [0.15, 0.2) is 0 Å². The van der Waals surface area contributed by atoms with E-state index in [4.69, 9.17) is 0 Å². The minimum Gasteiger partial charge on any atom is -0.352 e. The molecule has 0 radical (unpaired) electrons. The highest BCUT2D eigenvalue weighted by atomic mass is 32.2. The number of rotatable bonds is 9. The lowest BCUT2D eigenvalue weighted by Crippen LogP contribution is -2.51. The van der Waals surface area contributed by atoms with Crippen molar-refractivity contribution >= 4 is 35.3 Å². The quantitative estimate of drug-likeness (QED) is 0.482. The van der Waals surface area contributed by atoms with Crippen molar-refractivity contribution in [3.63, 3.8) is 0 Å². The molecule has 0 unspecified atom stereocenters. The van der Waals surface area contributed by atoms with Crippen LogP contribution in [0.25, 0.3) is 11.7 Å². The van der Waals surface area contributed by atoms with Crippen LogP contribution in [-0.2, 0) is 16.0 Å². The van der Waals surface area contributed by atoms with Gasteiger partial charge in [-0.05, 0) is 49.6 Å². The largest absolute Gasteiger partial charge is 0.352 e. The van der Waals surface area contributed by atoms with Gasteiger partial charge in [-0.25, -0.2) is 4.98 Å². The van der Waals surface area contributed by atoms with Crippen molar-refractivity contribution in [3.8, 4) is 0 Å². The molecule has 2 aliphatic rings. The smallest absolute Gasteiger partial charge is 0.258 e. The summed E-state index contributed by atoms with van der Waals surface area (Å²) in [6.07, 6.45) is 6.52. The van der Waals surface area contributed by atoms with E-state index in [1.165, 1.54) is 17.3 Å². The molecule has 1 aromatic carbocycles. The van der Waals surface area contributed by atoms with Crippen LogP contribution >= 0.6 is 11.8 Å². The highest BCUT2D eigenvalue weighted by molar-refractivity contribution is 8.04. The lowest BCUT2D eigenvalue weighted by molar-refractivity contribution is -0.136. The minimum atomic E-state index is -0.0796. The molecule has 0 spiro atoms. The molecule has 2 aliphatic heterocycles. The fourth-order valence-electron chi connectivity index (χ4n) is 4.49. The molecule has 0 bridgehead atoms. The van der Waals surface area contributed by atoms with Gasteiger partial charge in [0.1, 0.15) is 5.65 Å².